The summed E-state index contributed by atoms with van der Waals surface area (Å²) in [5, 5.41) is 0. The lowest BCUT2D eigenvalue weighted by Gasteiger charge is -2.12. The minimum atomic E-state index is -2.79. The molecule has 0 saturated carbocycles. The maximum absolute atomic E-state index is 11.1. The van der Waals surface area contributed by atoms with Crippen molar-refractivity contribution in [3.8, 4) is 38.8 Å². The molecule has 0 spiro atoms. The normalized spacial score (nSPS) is 11.2. The van der Waals surface area contributed by atoms with E-state index in [1.165, 1.54) is 18.6 Å². The average Bonchev–Trinajstić information content (AvgIpc) is 3.13. The first kappa shape index (κ1) is 19.3. The zero-order valence-corrected chi connectivity index (χ0v) is 17.1. The fraction of sp³-hybridized carbons (Fsp3) is 0.211. The summed E-state index contributed by atoms with van der Waals surface area (Å²) in [5.74, 6) is 1.41. The summed E-state index contributed by atoms with van der Waals surface area (Å²) in [4.78, 5) is 10.1. The molecule has 0 aliphatic carbocycles. The predicted molar refractivity (Wildman–Crippen MR) is 106 cm³/mol. The van der Waals surface area contributed by atoms with Gasteiger partial charge in [0.15, 0.2) is 5.75 Å². The predicted octanol–water partition coefficient (Wildman–Crippen LogP) is 5.14. The first-order valence-corrected chi connectivity index (χ1v) is 9.97. The molecule has 1 N–H and O–H groups in total. The fourth-order valence-electron chi connectivity index (χ4n) is 2.82. The third-order valence-corrected chi connectivity index (χ3v) is 5.53. The zero-order valence-electron chi connectivity index (χ0n) is 15.3. The number of methoxy groups -OCH3 is 2. The molecule has 6 nitrogen and oxygen atoms in total. The lowest BCUT2D eigenvalue weighted by Crippen LogP contribution is -1.92. The van der Waals surface area contributed by atoms with Crippen LogP contribution in [0.15, 0.2) is 36.5 Å². The SMILES string of the molecule is COc1ccc(-c2cnsc2-c2cc(C)c(C)c(OC)c2)cc1O[P+](=O)O. The van der Waals surface area contributed by atoms with Crippen molar-refractivity contribution < 1.29 is 23.5 Å². The minimum absolute atomic E-state index is 0.202. The second-order valence-corrected chi connectivity index (χ2v) is 7.34. The Morgan fingerprint density at radius 2 is 1.70 bits per heavy atom. The van der Waals surface area contributed by atoms with Crippen LogP contribution in [0.3, 0.4) is 0 Å². The highest BCUT2D eigenvalue weighted by Crippen LogP contribution is 2.42. The van der Waals surface area contributed by atoms with Crippen molar-refractivity contribution in [3.63, 3.8) is 0 Å². The van der Waals surface area contributed by atoms with E-state index in [0.29, 0.717) is 5.75 Å². The number of ether oxygens (including phenoxy) is 2. The van der Waals surface area contributed by atoms with Crippen LogP contribution >= 0.6 is 19.8 Å². The van der Waals surface area contributed by atoms with Gasteiger partial charge < -0.3 is 9.47 Å². The standard InChI is InChI=1S/C19H18NO5PS/c1-11-7-14(9-17(24-4)12(11)2)19-15(10-20-27-19)13-5-6-16(23-3)18(8-13)25-26(21)22/h5-10H,1-4H3/p+1. The third-order valence-electron chi connectivity index (χ3n) is 4.32. The average molecular weight is 404 g/mol. The second kappa shape index (κ2) is 8.05. The van der Waals surface area contributed by atoms with Gasteiger partial charge in [0, 0.05) is 16.3 Å². The number of hydrogen-bond donors (Lipinski definition) is 1. The molecule has 3 rings (SSSR count). The summed E-state index contributed by atoms with van der Waals surface area (Å²) in [6, 6.07) is 9.33. The number of rotatable bonds is 6. The summed E-state index contributed by atoms with van der Waals surface area (Å²) < 4.78 is 31.1. The summed E-state index contributed by atoms with van der Waals surface area (Å²) in [6.45, 7) is 4.06. The molecule has 0 saturated heterocycles. The number of hydrogen-bond acceptors (Lipinski definition) is 6. The fourth-order valence-corrected chi connectivity index (χ4v) is 3.89. The van der Waals surface area contributed by atoms with Crippen LogP contribution in [-0.4, -0.2) is 23.5 Å². The lowest BCUT2D eigenvalue weighted by molar-refractivity contribution is 0.372. The van der Waals surface area contributed by atoms with Crippen LogP contribution < -0.4 is 14.0 Å². The van der Waals surface area contributed by atoms with Gasteiger partial charge in [-0.05, 0) is 65.8 Å². The highest BCUT2D eigenvalue weighted by atomic mass is 32.1. The van der Waals surface area contributed by atoms with Crippen molar-refractivity contribution in [3.05, 3.63) is 47.7 Å². The van der Waals surface area contributed by atoms with Gasteiger partial charge in [0.25, 0.3) is 0 Å². The topological polar surface area (TPSA) is 77.9 Å². The van der Waals surface area contributed by atoms with Gasteiger partial charge >= 0.3 is 8.25 Å². The van der Waals surface area contributed by atoms with Crippen LogP contribution in [0, 0.1) is 13.8 Å². The number of nitrogens with zero attached hydrogens (tertiary/aromatic N) is 1. The maximum Gasteiger partial charge on any atom is 0.747 e. The largest absolute Gasteiger partial charge is 0.747 e. The minimum Gasteiger partial charge on any atom is -0.496 e. The van der Waals surface area contributed by atoms with E-state index >= 15 is 0 Å². The molecule has 140 valence electrons. The van der Waals surface area contributed by atoms with Gasteiger partial charge in [-0.3, -0.25) is 0 Å². The first-order valence-electron chi connectivity index (χ1n) is 8.07. The molecular weight excluding hydrogens is 385 g/mol. The van der Waals surface area contributed by atoms with Crippen LogP contribution in [0.5, 0.6) is 17.2 Å². The molecule has 3 aromatic rings. The molecule has 0 fully saturated rings. The Hall–Kier alpha value is -2.47. The summed E-state index contributed by atoms with van der Waals surface area (Å²) in [6.07, 6.45) is 1.77. The van der Waals surface area contributed by atoms with E-state index in [1.807, 2.05) is 26.0 Å². The molecule has 0 amide bonds. The van der Waals surface area contributed by atoms with Crippen molar-refractivity contribution in [2.45, 2.75) is 13.8 Å². The number of aryl methyl sites for hydroxylation is 1. The molecule has 1 aromatic heterocycles. The molecule has 1 unspecified atom stereocenters. The van der Waals surface area contributed by atoms with Gasteiger partial charge in [-0.15, -0.1) is 4.89 Å². The summed E-state index contributed by atoms with van der Waals surface area (Å²) in [5.41, 5.74) is 4.92. The summed E-state index contributed by atoms with van der Waals surface area (Å²) in [7, 11) is 0.338. The van der Waals surface area contributed by atoms with Crippen molar-refractivity contribution in [2.24, 2.45) is 0 Å². The molecule has 0 bridgehead atoms. The highest BCUT2D eigenvalue weighted by molar-refractivity contribution is 7.32. The van der Waals surface area contributed by atoms with Crippen LogP contribution in [0.4, 0.5) is 0 Å². The molecule has 0 aliphatic rings. The molecule has 0 radical (unpaired) electrons. The Kier molecular flexibility index (Phi) is 5.75. The van der Waals surface area contributed by atoms with Crippen LogP contribution in [-0.2, 0) is 4.57 Å². The molecule has 1 heterocycles. The van der Waals surface area contributed by atoms with E-state index in [-0.39, 0.29) is 5.75 Å². The Labute approximate surface area is 162 Å². The van der Waals surface area contributed by atoms with E-state index in [9.17, 15) is 4.57 Å². The van der Waals surface area contributed by atoms with Gasteiger partial charge in [-0.1, -0.05) is 12.1 Å². The summed E-state index contributed by atoms with van der Waals surface area (Å²) >= 11 is 1.38. The number of benzene rings is 2. The second-order valence-electron chi connectivity index (χ2n) is 5.88. The van der Waals surface area contributed by atoms with Gasteiger partial charge in [-0.2, -0.15) is 4.37 Å². The van der Waals surface area contributed by atoms with E-state index in [2.05, 4.69) is 10.4 Å². The van der Waals surface area contributed by atoms with Gasteiger partial charge in [-0.25, -0.2) is 4.52 Å². The molecule has 8 heteroatoms. The Morgan fingerprint density at radius 1 is 1.00 bits per heavy atom. The Balaban J connectivity index is 2.11. The molecule has 27 heavy (non-hydrogen) atoms. The lowest BCUT2D eigenvalue weighted by atomic mass is 9.99. The molecule has 1 atom stereocenters. The molecule has 0 aliphatic heterocycles. The van der Waals surface area contributed by atoms with Crippen molar-refractivity contribution >= 4 is 19.8 Å². The van der Waals surface area contributed by atoms with E-state index < -0.39 is 8.25 Å². The monoisotopic (exact) mass is 404 g/mol. The van der Waals surface area contributed by atoms with Crippen molar-refractivity contribution in [1.29, 1.82) is 0 Å². The van der Waals surface area contributed by atoms with Gasteiger partial charge in [0.1, 0.15) is 5.75 Å². The van der Waals surface area contributed by atoms with Gasteiger partial charge in [0.2, 0.25) is 5.75 Å². The number of aromatic nitrogens is 1. The van der Waals surface area contributed by atoms with E-state index in [4.69, 9.17) is 18.9 Å². The Bertz CT molecular complexity index is 1000. The molecular formula is C19H19NO5PS+. The Morgan fingerprint density at radius 3 is 2.37 bits per heavy atom. The quantitative estimate of drug-likeness (QED) is 0.573. The molecule has 2 aromatic carbocycles. The van der Waals surface area contributed by atoms with Gasteiger partial charge in [0.05, 0.1) is 19.1 Å². The van der Waals surface area contributed by atoms with Crippen molar-refractivity contribution in [2.75, 3.05) is 14.2 Å². The third kappa shape index (κ3) is 3.95. The van der Waals surface area contributed by atoms with Crippen LogP contribution in [0.2, 0.25) is 0 Å². The van der Waals surface area contributed by atoms with E-state index in [0.717, 1.165) is 38.4 Å². The zero-order chi connectivity index (χ0) is 19.6. The first-order chi connectivity index (χ1) is 12.9. The van der Waals surface area contributed by atoms with Crippen LogP contribution in [0.25, 0.3) is 21.6 Å². The van der Waals surface area contributed by atoms with E-state index in [1.54, 1.807) is 25.4 Å². The highest BCUT2D eigenvalue weighted by Gasteiger charge is 2.21. The van der Waals surface area contributed by atoms with Crippen molar-refractivity contribution in [1.82, 2.24) is 4.37 Å². The smallest absolute Gasteiger partial charge is 0.496 e. The maximum atomic E-state index is 11.1. The van der Waals surface area contributed by atoms with Crippen LogP contribution in [0.1, 0.15) is 11.1 Å².